The van der Waals surface area contributed by atoms with Gasteiger partial charge in [0.2, 0.25) is 0 Å². The Morgan fingerprint density at radius 1 is 1.09 bits per heavy atom. The minimum absolute atomic E-state index is 0.121. The molecule has 0 aliphatic rings. The second-order valence-corrected chi connectivity index (χ2v) is 12.9. The van der Waals surface area contributed by atoms with Gasteiger partial charge in [-0.3, -0.25) is 4.79 Å². The lowest BCUT2D eigenvalue weighted by molar-refractivity contribution is -0.144. The highest BCUT2D eigenvalue weighted by molar-refractivity contribution is 6.76. The molecular weight excluding hydrogens is 288 g/mol. The summed E-state index contributed by atoms with van der Waals surface area (Å²) in [6, 6.07) is 13.6. The van der Waals surface area contributed by atoms with Crippen molar-refractivity contribution >= 4 is 24.8 Å². The van der Waals surface area contributed by atoms with Crippen molar-refractivity contribution in [1.29, 1.82) is 0 Å². The molecule has 0 N–H and O–H groups in total. The average molecular weight is 315 g/mol. The summed E-state index contributed by atoms with van der Waals surface area (Å²) in [6.45, 7) is 11.4. The highest BCUT2D eigenvalue weighted by Gasteiger charge is 2.19. The van der Waals surface area contributed by atoms with Crippen molar-refractivity contribution in [3.63, 3.8) is 0 Å². The maximum Gasteiger partial charge on any atom is 0.313 e. The molecule has 0 saturated carbocycles. The van der Waals surface area contributed by atoms with E-state index in [2.05, 4.69) is 56.9 Å². The van der Waals surface area contributed by atoms with E-state index in [0.717, 1.165) is 11.6 Å². The van der Waals surface area contributed by atoms with Crippen LogP contribution >= 0.6 is 0 Å². The molecule has 0 heterocycles. The lowest BCUT2D eigenvalue weighted by Gasteiger charge is -2.17. The van der Waals surface area contributed by atoms with E-state index in [9.17, 15) is 4.79 Å². The fourth-order valence-corrected chi connectivity index (χ4v) is 3.09. The lowest BCUT2D eigenvalue weighted by Crippen LogP contribution is -2.23. The van der Waals surface area contributed by atoms with Crippen molar-refractivity contribution in [3.05, 3.63) is 47.5 Å². The SMILES string of the molecule is Cc1ccc2cc([C@H](C)C(=O)OCC[Si](C)(C)C)ccc2c1. The van der Waals surface area contributed by atoms with Gasteiger partial charge in [0.25, 0.3) is 0 Å². The third kappa shape index (κ3) is 4.44. The summed E-state index contributed by atoms with van der Waals surface area (Å²) >= 11 is 0. The van der Waals surface area contributed by atoms with Gasteiger partial charge in [0.15, 0.2) is 0 Å². The van der Waals surface area contributed by atoms with Crippen LogP contribution in [0.1, 0.15) is 24.0 Å². The van der Waals surface area contributed by atoms with Crippen LogP contribution in [0.15, 0.2) is 36.4 Å². The average Bonchev–Trinajstić information content (AvgIpc) is 2.44. The number of esters is 1. The number of rotatable bonds is 5. The Balaban J connectivity index is 2.07. The summed E-state index contributed by atoms with van der Waals surface area (Å²) in [7, 11) is -1.16. The highest BCUT2D eigenvalue weighted by atomic mass is 28.3. The van der Waals surface area contributed by atoms with Crippen LogP contribution in [-0.2, 0) is 9.53 Å². The zero-order valence-corrected chi connectivity index (χ0v) is 15.3. The smallest absolute Gasteiger partial charge is 0.313 e. The molecule has 0 aliphatic carbocycles. The molecule has 0 amide bonds. The van der Waals surface area contributed by atoms with Crippen molar-refractivity contribution in [1.82, 2.24) is 0 Å². The van der Waals surface area contributed by atoms with Crippen LogP contribution in [0.5, 0.6) is 0 Å². The summed E-state index contributed by atoms with van der Waals surface area (Å²) in [4.78, 5) is 12.2. The minimum atomic E-state index is -1.16. The molecule has 3 heteroatoms. The van der Waals surface area contributed by atoms with Gasteiger partial charge < -0.3 is 4.74 Å². The molecule has 22 heavy (non-hydrogen) atoms. The Morgan fingerprint density at radius 2 is 1.73 bits per heavy atom. The van der Waals surface area contributed by atoms with Crippen LogP contribution in [0.3, 0.4) is 0 Å². The van der Waals surface area contributed by atoms with Crippen molar-refractivity contribution in [2.45, 2.75) is 45.5 Å². The van der Waals surface area contributed by atoms with Gasteiger partial charge in [0.1, 0.15) is 0 Å². The number of benzene rings is 2. The first-order chi connectivity index (χ1) is 10.3. The van der Waals surface area contributed by atoms with Crippen molar-refractivity contribution in [2.24, 2.45) is 0 Å². The summed E-state index contributed by atoms with van der Waals surface area (Å²) in [5, 5.41) is 2.38. The van der Waals surface area contributed by atoms with Crippen molar-refractivity contribution < 1.29 is 9.53 Å². The zero-order valence-electron chi connectivity index (χ0n) is 14.3. The number of ether oxygens (including phenoxy) is 1. The number of hydrogen-bond donors (Lipinski definition) is 0. The number of fused-ring (bicyclic) bond motifs is 1. The molecule has 0 spiro atoms. The Labute approximate surface area is 134 Å². The molecule has 118 valence electrons. The molecule has 0 saturated heterocycles. The van der Waals surface area contributed by atoms with Crippen LogP contribution in [0.4, 0.5) is 0 Å². The maximum absolute atomic E-state index is 12.2. The van der Waals surface area contributed by atoms with Crippen molar-refractivity contribution in [2.75, 3.05) is 6.61 Å². The Bertz CT molecular complexity index is 671. The largest absolute Gasteiger partial charge is 0.466 e. The monoisotopic (exact) mass is 314 g/mol. The van der Waals surface area contributed by atoms with Gasteiger partial charge in [-0.25, -0.2) is 0 Å². The zero-order chi connectivity index (χ0) is 16.3. The third-order valence-electron chi connectivity index (χ3n) is 3.97. The summed E-state index contributed by atoms with van der Waals surface area (Å²) in [6.07, 6.45) is 0. The van der Waals surface area contributed by atoms with E-state index >= 15 is 0 Å². The second-order valence-electron chi connectivity index (χ2n) is 7.31. The predicted octanol–water partition coefficient (Wildman–Crippen LogP) is 5.13. The van der Waals surface area contributed by atoms with E-state index in [1.807, 2.05) is 13.0 Å². The van der Waals surface area contributed by atoms with E-state index in [1.54, 1.807) is 0 Å². The van der Waals surface area contributed by atoms with E-state index in [0.29, 0.717) is 6.61 Å². The van der Waals surface area contributed by atoms with E-state index in [1.165, 1.54) is 16.3 Å². The Kier molecular flexibility index (Phi) is 5.07. The van der Waals surface area contributed by atoms with Crippen LogP contribution in [-0.4, -0.2) is 20.7 Å². The highest BCUT2D eigenvalue weighted by Crippen LogP contribution is 2.23. The van der Waals surface area contributed by atoms with Gasteiger partial charge in [-0.2, -0.15) is 0 Å². The number of hydrogen-bond acceptors (Lipinski definition) is 2. The fraction of sp³-hybridized carbons (Fsp3) is 0.421. The molecule has 2 nitrogen and oxygen atoms in total. The topological polar surface area (TPSA) is 26.3 Å². The van der Waals surface area contributed by atoms with E-state index in [4.69, 9.17) is 4.74 Å². The minimum Gasteiger partial charge on any atom is -0.466 e. The molecule has 0 fully saturated rings. The first-order valence-electron chi connectivity index (χ1n) is 7.93. The number of carbonyl (C=O) groups excluding carboxylic acids is 1. The lowest BCUT2D eigenvalue weighted by atomic mass is 9.97. The molecule has 2 rings (SSSR count). The van der Waals surface area contributed by atoms with Gasteiger partial charge in [-0.15, -0.1) is 0 Å². The molecule has 0 aliphatic heterocycles. The molecule has 0 aromatic heterocycles. The number of aryl methyl sites for hydroxylation is 1. The van der Waals surface area contributed by atoms with Gasteiger partial charge >= 0.3 is 5.97 Å². The second kappa shape index (κ2) is 6.65. The summed E-state index contributed by atoms with van der Waals surface area (Å²) in [5.41, 5.74) is 2.27. The van der Waals surface area contributed by atoms with Crippen LogP contribution in [0.25, 0.3) is 10.8 Å². The molecule has 1 atom stereocenters. The van der Waals surface area contributed by atoms with Gasteiger partial charge in [0.05, 0.1) is 12.5 Å². The summed E-state index contributed by atoms with van der Waals surface area (Å²) < 4.78 is 5.46. The normalized spacial score (nSPS) is 13.1. The first kappa shape index (κ1) is 16.8. The summed E-state index contributed by atoms with van der Waals surface area (Å²) in [5.74, 6) is -0.336. The van der Waals surface area contributed by atoms with Gasteiger partial charge in [-0.05, 0) is 36.2 Å². The van der Waals surface area contributed by atoms with Crippen molar-refractivity contribution in [3.8, 4) is 0 Å². The fourth-order valence-electron chi connectivity index (χ4n) is 2.37. The van der Waals surface area contributed by atoms with Gasteiger partial charge in [0, 0.05) is 8.07 Å². The van der Waals surface area contributed by atoms with Crippen LogP contribution < -0.4 is 0 Å². The standard InChI is InChI=1S/C19H26O2Si/c1-14-6-7-18-13-16(8-9-17(18)12-14)15(2)19(20)21-10-11-22(3,4)5/h6-9,12-13,15H,10-11H2,1-5H3/t15-/m0/s1. The number of carbonyl (C=O) groups is 1. The third-order valence-corrected chi connectivity index (χ3v) is 5.67. The Hall–Kier alpha value is -1.61. The maximum atomic E-state index is 12.2. The molecule has 0 bridgehead atoms. The van der Waals surface area contributed by atoms with Crippen LogP contribution in [0.2, 0.25) is 25.7 Å². The molecule has 0 unspecified atom stereocenters. The Morgan fingerprint density at radius 3 is 2.41 bits per heavy atom. The van der Waals surface area contributed by atoms with E-state index in [-0.39, 0.29) is 11.9 Å². The molecular formula is C19H26O2Si. The van der Waals surface area contributed by atoms with E-state index < -0.39 is 8.07 Å². The molecule has 2 aromatic rings. The quantitative estimate of drug-likeness (QED) is 0.564. The molecule has 0 radical (unpaired) electrons. The van der Waals surface area contributed by atoms with Crippen LogP contribution in [0, 0.1) is 6.92 Å². The first-order valence-corrected chi connectivity index (χ1v) is 11.6. The molecule has 2 aromatic carbocycles. The van der Waals surface area contributed by atoms with Gasteiger partial charge in [-0.1, -0.05) is 61.6 Å². The predicted molar refractivity (Wildman–Crippen MR) is 96.2 cm³/mol.